The Bertz CT molecular complexity index is 383. The first kappa shape index (κ1) is 9.36. The summed E-state index contributed by atoms with van der Waals surface area (Å²) in [6, 6.07) is 4.02. The van der Waals surface area contributed by atoms with Gasteiger partial charge in [0.2, 0.25) is 5.89 Å². The molecule has 0 aromatic carbocycles. The number of hydrogen-bond acceptors (Lipinski definition) is 5. The molecule has 74 valence electrons. The number of thiophene rings is 1. The summed E-state index contributed by atoms with van der Waals surface area (Å²) in [5.74, 6) is 1.18. The van der Waals surface area contributed by atoms with Crippen LogP contribution in [0.1, 0.15) is 16.6 Å². The minimum absolute atomic E-state index is 0.0535. The van der Waals surface area contributed by atoms with Crippen molar-refractivity contribution in [1.82, 2.24) is 10.1 Å². The number of nitrogens with zero attached hydrogens (tertiary/aromatic N) is 2. The first-order valence-corrected chi connectivity index (χ1v) is 5.21. The fraction of sp³-hybridized carbons (Fsp3) is 0.333. The summed E-state index contributed by atoms with van der Waals surface area (Å²) in [7, 11) is 0. The lowest BCUT2D eigenvalue weighted by molar-refractivity contribution is 0.293. The normalized spacial score (nSPS) is 10.6. The van der Waals surface area contributed by atoms with Crippen LogP contribution in [0.5, 0.6) is 0 Å². The Labute approximate surface area is 85.2 Å². The minimum atomic E-state index is 0.0535. The molecule has 0 aliphatic carbocycles. The Hall–Kier alpha value is -1.20. The molecule has 0 fully saturated rings. The average Bonchev–Trinajstić information content (AvgIpc) is 2.79. The molecule has 0 radical (unpaired) electrons. The molecule has 1 N–H and O–H groups in total. The van der Waals surface area contributed by atoms with E-state index in [2.05, 4.69) is 10.1 Å². The Morgan fingerprint density at radius 2 is 2.43 bits per heavy atom. The molecule has 0 amide bonds. The quantitative estimate of drug-likeness (QED) is 0.825. The molecular formula is C9H10N2O2S. The molecule has 0 aliphatic rings. The van der Waals surface area contributed by atoms with Crippen LogP contribution in [0.4, 0.5) is 0 Å². The lowest BCUT2D eigenvalue weighted by Crippen LogP contribution is -1.93. The van der Waals surface area contributed by atoms with Gasteiger partial charge < -0.3 is 9.63 Å². The van der Waals surface area contributed by atoms with Gasteiger partial charge in [0.05, 0.1) is 13.0 Å². The van der Waals surface area contributed by atoms with E-state index < -0.39 is 0 Å². The van der Waals surface area contributed by atoms with Gasteiger partial charge in [0.15, 0.2) is 5.82 Å². The van der Waals surface area contributed by atoms with E-state index in [0.29, 0.717) is 24.6 Å². The number of aliphatic hydroxyl groups is 1. The first-order chi connectivity index (χ1) is 6.88. The monoisotopic (exact) mass is 210 g/mol. The maximum atomic E-state index is 8.67. The standard InChI is InChI=1S/C9H10N2O2S/c12-4-3-8-10-9(13-11-8)6-7-2-1-5-14-7/h1-2,5,12H,3-4,6H2. The van der Waals surface area contributed by atoms with Crippen molar-refractivity contribution in [2.45, 2.75) is 12.8 Å². The minimum Gasteiger partial charge on any atom is -0.396 e. The zero-order chi connectivity index (χ0) is 9.80. The number of aliphatic hydroxyl groups excluding tert-OH is 1. The molecule has 2 aromatic heterocycles. The van der Waals surface area contributed by atoms with Gasteiger partial charge in [-0.25, -0.2) is 0 Å². The molecule has 2 aromatic rings. The van der Waals surface area contributed by atoms with E-state index >= 15 is 0 Å². The zero-order valence-electron chi connectivity index (χ0n) is 7.51. The van der Waals surface area contributed by atoms with E-state index in [0.717, 1.165) is 0 Å². The summed E-state index contributed by atoms with van der Waals surface area (Å²) in [6.45, 7) is 0.0535. The molecule has 0 bridgehead atoms. The molecule has 5 heteroatoms. The van der Waals surface area contributed by atoms with E-state index in [-0.39, 0.29) is 6.61 Å². The molecule has 14 heavy (non-hydrogen) atoms. The maximum Gasteiger partial charge on any atom is 0.231 e. The van der Waals surface area contributed by atoms with Crippen molar-refractivity contribution >= 4 is 11.3 Å². The Morgan fingerprint density at radius 3 is 3.14 bits per heavy atom. The van der Waals surface area contributed by atoms with Crippen LogP contribution in [0.15, 0.2) is 22.0 Å². The highest BCUT2D eigenvalue weighted by atomic mass is 32.1. The van der Waals surface area contributed by atoms with Crippen LogP contribution in [-0.4, -0.2) is 21.9 Å². The fourth-order valence-corrected chi connectivity index (χ4v) is 1.82. The molecule has 2 rings (SSSR count). The van der Waals surface area contributed by atoms with Crippen molar-refractivity contribution in [1.29, 1.82) is 0 Å². The van der Waals surface area contributed by atoms with E-state index in [9.17, 15) is 0 Å². The smallest absolute Gasteiger partial charge is 0.231 e. The number of rotatable bonds is 4. The molecule has 0 aliphatic heterocycles. The zero-order valence-corrected chi connectivity index (χ0v) is 8.33. The third-order valence-electron chi connectivity index (χ3n) is 1.75. The predicted molar refractivity (Wildman–Crippen MR) is 52.2 cm³/mol. The summed E-state index contributed by atoms with van der Waals surface area (Å²) in [4.78, 5) is 5.34. The third kappa shape index (κ3) is 2.18. The van der Waals surface area contributed by atoms with Crippen LogP contribution < -0.4 is 0 Å². The highest BCUT2D eigenvalue weighted by Gasteiger charge is 2.06. The fourth-order valence-electron chi connectivity index (χ4n) is 1.13. The SMILES string of the molecule is OCCc1noc(Cc2cccs2)n1. The van der Waals surface area contributed by atoms with Crippen LogP contribution in [0.2, 0.25) is 0 Å². The van der Waals surface area contributed by atoms with Gasteiger partial charge in [-0.15, -0.1) is 11.3 Å². The molecule has 4 nitrogen and oxygen atoms in total. The van der Waals surface area contributed by atoms with Crippen molar-refractivity contribution < 1.29 is 9.63 Å². The molecular weight excluding hydrogens is 200 g/mol. The van der Waals surface area contributed by atoms with Crippen molar-refractivity contribution in [3.63, 3.8) is 0 Å². The van der Waals surface area contributed by atoms with Crippen molar-refractivity contribution in [3.8, 4) is 0 Å². The summed E-state index contributed by atoms with van der Waals surface area (Å²) >= 11 is 1.66. The van der Waals surface area contributed by atoms with Crippen molar-refractivity contribution in [2.75, 3.05) is 6.61 Å². The van der Waals surface area contributed by atoms with Gasteiger partial charge >= 0.3 is 0 Å². The number of aromatic nitrogens is 2. The van der Waals surface area contributed by atoms with Crippen LogP contribution in [-0.2, 0) is 12.8 Å². The second kappa shape index (κ2) is 4.34. The van der Waals surface area contributed by atoms with Crippen LogP contribution in [0, 0.1) is 0 Å². The molecule has 0 unspecified atom stereocenters. The Morgan fingerprint density at radius 1 is 1.50 bits per heavy atom. The van der Waals surface area contributed by atoms with Crippen LogP contribution in [0.25, 0.3) is 0 Å². The summed E-state index contributed by atoms with van der Waals surface area (Å²) in [6.07, 6.45) is 1.13. The summed E-state index contributed by atoms with van der Waals surface area (Å²) in [5.41, 5.74) is 0. The Kier molecular flexibility index (Phi) is 2.90. The Balaban J connectivity index is 2.03. The molecule has 0 atom stereocenters. The van der Waals surface area contributed by atoms with Gasteiger partial charge in [-0.2, -0.15) is 4.98 Å². The lowest BCUT2D eigenvalue weighted by atomic mass is 10.3. The van der Waals surface area contributed by atoms with Gasteiger partial charge in [-0.3, -0.25) is 0 Å². The third-order valence-corrected chi connectivity index (χ3v) is 2.63. The summed E-state index contributed by atoms with van der Waals surface area (Å²) in [5, 5.41) is 14.4. The second-order valence-electron chi connectivity index (χ2n) is 2.83. The summed E-state index contributed by atoms with van der Waals surface area (Å²) < 4.78 is 5.02. The van der Waals surface area contributed by atoms with Crippen LogP contribution in [0.3, 0.4) is 0 Å². The van der Waals surface area contributed by atoms with Crippen molar-refractivity contribution in [2.24, 2.45) is 0 Å². The van der Waals surface area contributed by atoms with E-state index in [1.807, 2.05) is 17.5 Å². The highest BCUT2D eigenvalue weighted by molar-refractivity contribution is 7.09. The van der Waals surface area contributed by atoms with Crippen molar-refractivity contribution in [3.05, 3.63) is 34.1 Å². The largest absolute Gasteiger partial charge is 0.396 e. The van der Waals surface area contributed by atoms with E-state index in [1.54, 1.807) is 11.3 Å². The molecule has 2 heterocycles. The van der Waals surface area contributed by atoms with Gasteiger partial charge in [-0.1, -0.05) is 11.2 Å². The van der Waals surface area contributed by atoms with Gasteiger partial charge in [0.25, 0.3) is 0 Å². The van der Waals surface area contributed by atoms with Gasteiger partial charge in [-0.05, 0) is 11.4 Å². The van der Waals surface area contributed by atoms with E-state index in [4.69, 9.17) is 9.63 Å². The van der Waals surface area contributed by atoms with E-state index in [1.165, 1.54) is 4.88 Å². The molecule has 0 saturated carbocycles. The topological polar surface area (TPSA) is 59.2 Å². The molecule has 0 saturated heterocycles. The average molecular weight is 210 g/mol. The van der Waals surface area contributed by atoms with Gasteiger partial charge in [0.1, 0.15) is 0 Å². The molecule has 0 spiro atoms. The van der Waals surface area contributed by atoms with Crippen LogP contribution >= 0.6 is 11.3 Å². The maximum absolute atomic E-state index is 8.67. The second-order valence-corrected chi connectivity index (χ2v) is 3.87. The first-order valence-electron chi connectivity index (χ1n) is 4.33. The predicted octanol–water partition coefficient (Wildman–Crippen LogP) is 1.26. The lowest BCUT2D eigenvalue weighted by Gasteiger charge is -1.87. The van der Waals surface area contributed by atoms with Gasteiger partial charge in [0, 0.05) is 11.3 Å². The highest BCUT2D eigenvalue weighted by Crippen LogP contribution is 2.13. The number of hydrogen-bond donors (Lipinski definition) is 1.